The molecule has 0 saturated heterocycles. The molecule has 0 fully saturated rings. The Kier molecular flexibility index (Phi) is 39.5. The van der Waals surface area contributed by atoms with Gasteiger partial charge in [0.15, 0.2) is 0 Å². The van der Waals surface area contributed by atoms with Crippen molar-refractivity contribution in [2.45, 2.75) is 187 Å². The smallest absolute Gasteiger partial charge is 0.220 e. The predicted octanol–water partition coefficient (Wildman–Crippen LogP) is 13.1. The largest absolute Gasteiger partial charge is 0.394 e. The van der Waals surface area contributed by atoms with Crippen LogP contribution in [-0.2, 0) is 4.79 Å². The summed E-state index contributed by atoms with van der Waals surface area (Å²) in [6, 6.07) is -0.659. The summed E-state index contributed by atoms with van der Waals surface area (Å²) in [7, 11) is 0. The zero-order valence-electron chi connectivity index (χ0n) is 33.1. The lowest BCUT2D eigenvalue weighted by molar-refractivity contribution is -0.122. The fourth-order valence-electron chi connectivity index (χ4n) is 5.64. The van der Waals surface area contributed by atoms with Crippen LogP contribution in [0.25, 0.3) is 0 Å². The summed E-state index contributed by atoms with van der Waals surface area (Å²) < 4.78 is 0. The minimum atomic E-state index is -0.869. The van der Waals surface area contributed by atoms with Crippen molar-refractivity contribution >= 4 is 5.91 Å². The SMILES string of the molecule is CC/C=C\C/C=C\C/C=C\C/C=C\C/C=C\C/C=C\C/C=C\CCCC(=O)NC(CO)C(O)/C=C/CCCCCCCCCCCCCCCC. The normalized spacial score (nSPS) is 14.0. The van der Waals surface area contributed by atoms with Crippen LogP contribution in [0.4, 0.5) is 0 Å². The van der Waals surface area contributed by atoms with Crippen molar-refractivity contribution in [3.63, 3.8) is 0 Å². The molecule has 1 amide bonds. The molecule has 0 saturated carbocycles. The van der Waals surface area contributed by atoms with Crippen LogP contribution in [0.1, 0.15) is 174 Å². The van der Waals surface area contributed by atoms with Gasteiger partial charge in [0.05, 0.1) is 18.8 Å². The monoisotopic (exact) mass is 706 g/mol. The second-order valence-electron chi connectivity index (χ2n) is 13.7. The van der Waals surface area contributed by atoms with Gasteiger partial charge in [-0.3, -0.25) is 4.79 Å². The quantitative estimate of drug-likeness (QED) is 0.0449. The Hall–Kier alpha value is -2.69. The van der Waals surface area contributed by atoms with Gasteiger partial charge in [-0.15, -0.1) is 0 Å². The molecule has 0 aliphatic carbocycles. The summed E-state index contributed by atoms with van der Waals surface area (Å²) in [5.74, 6) is -0.126. The van der Waals surface area contributed by atoms with Gasteiger partial charge < -0.3 is 15.5 Å². The Labute approximate surface area is 315 Å². The molecule has 3 N–H and O–H groups in total. The van der Waals surface area contributed by atoms with Crippen molar-refractivity contribution in [1.82, 2.24) is 5.32 Å². The van der Waals surface area contributed by atoms with E-state index >= 15 is 0 Å². The van der Waals surface area contributed by atoms with Gasteiger partial charge in [0.2, 0.25) is 5.91 Å². The molecular formula is C47H79NO3. The lowest BCUT2D eigenvalue weighted by atomic mass is 10.0. The van der Waals surface area contributed by atoms with E-state index in [1.165, 1.54) is 83.5 Å². The molecule has 2 atom stereocenters. The van der Waals surface area contributed by atoms with Crippen LogP contribution < -0.4 is 5.32 Å². The Morgan fingerprint density at radius 3 is 1.27 bits per heavy atom. The Morgan fingerprint density at radius 2 is 0.863 bits per heavy atom. The predicted molar refractivity (Wildman–Crippen MR) is 225 cm³/mol. The lowest BCUT2D eigenvalue weighted by Gasteiger charge is -2.19. The number of allylic oxidation sites excluding steroid dienone is 15. The molecule has 4 heteroatoms. The van der Waals surface area contributed by atoms with Crippen molar-refractivity contribution in [1.29, 1.82) is 0 Å². The molecule has 0 aromatic rings. The molecule has 0 bridgehead atoms. The topological polar surface area (TPSA) is 69.6 Å². The van der Waals surface area contributed by atoms with Gasteiger partial charge in [-0.1, -0.05) is 195 Å². The average molecular weight is 706 g/mol. The van der Waals surface area contributed by atoms with E-state index in [0.717, 1.165) is 70.6 Å². The maximum atomic E-state index is 12.3. The van der Waals surface area contributed by atoms with E-state index in [0.29, 0.717) is 6.42 Å². The van der Waals surface area contributed by atoms with Gasteiger partial charge in [0, 0.05) is 6.42 Å². The van der Waals surface area contributed by atoms with Crippen LogP contribution in [0.2, 0.25) is 0 Å². The molecule has 0 heterocycles. The van der Waals surface area contributed by atoms with Gasteiger partial charge >= 0.3 is 0 Å². The van der Waals surface area contributed by atoms with Crippen molar-refractivity contribution in [2.24, 2.45) is 0 Å². The highest BCUT2D eigenvalue weighted by Gasteiger charge is 2.17. The number of rotatable bonds is 36. The highest BCUT2D eigenvalue weighted by Crippen LogP contribution is 2.13. The van der Waals surface area contributed by atoms with E-state index in [2.05, 4.69) is 104 Å². The van der Waals surface area contributed by atoms with E-state index in [-0.39, 0.29) is 12.5 Å². The maximum absolute atomic E-state index is 12.3. The molecule has 0 aromatic heterocycles. The van der Waals surface area contributed by atoms with E-state index in [9.17, 15) is 15.0 Å². The van der Waals surface area contributed by atoms with Crippen LogP contribution in [0.15, 0.2) is 97.2 Å². The summed E-state index contributed by atoms with van der Waals surface area (Å²) >= 11 is 0. The van der Waals surface area contributed by atoms with Crippen molar-refractivity contribution in [3.05, 3.63) is 97.2 Å². The molecule has 0 rings (SSSR count). The van der Waals surface area contributed by atoms with Crippen LogP contribution in [0, 0.1) is 0 Å². The number of amides is 1. The van der Waals surface area contributed by atoms with Gasteiger partial charge in [-0.2, -0.15) is 0 Å². The Bertz CT molecular complexity index is 983. The summed E-state index contributed by atoms with van der Waals surface area (Å²) in [5, 5.41) is 22.9. The summed E-state index contributed by atoms with van der Waals surface area (Å²) in [4.78, 5) is 12.3. The number of hydrogen-bond donors (Lipinski definition) is 3. The van der Waals surface area contributed by atoms with Crippen molar-refractivity contribution < 1.29 is 15.0 Å². The maximum Gasteiger partial charge on any atom is 0.220 e. The summed E-state index contributed by atoms with van der Waals surface area (Å²) in [6.45, 7) is 4.15. The minimum absolute atomic E-state index is 0.126. The van der Waals surface area contributed by atoms with Crippen LogP contribution in [0.5, 0.6) is 0 Å². The third-order valence-electron chi connectivity index (χ3n) is 8.82. The average Bonchev–Trinajstić information content (AvgIpc) is 3.13. The molecule has 4 nitrogen and oxygen atoms in total. The highest BCUT2D eigenvalue weighted by atomic mass is 16.3. The zero-order chi connectivity index (χ0) is 37.1. The first-order valence-electron chi connectivity index (χ1n) is 21.0. The molecule has 0 radical (unpaired) electrons. The molecule has 2 unspecified atom stereocenters. The van der Waals surface area contributed by atoms with Gasteiger partial charge in [0.1, 0.15) is 0 Å². The minimum Gasteiger partial charge on any atom is -0.394 e. The second kappa shape index (κ2) is 41.7. The zero-order valence-corrected chi connectivity index (χ0v) is 33.1. The number of carbonyl (C=O) groups is 1. The number of hydrogen-bond acceptors (Lipinski definition) is 3. The van der Waals surface area contributed by atoms with Crippen LogP contribution in [-0.4, -0.2) is 34.9 Å². The molecule has 0 spiro atoms. The third kappa shape index (κ3) is 38.4. The third-order valence-corrected chi connectivity index (χ3v) is 8.82. The summed E-state index contributed by atoms with van der Waals surface area (Å²) in [5.41, 5.74) is 0. The number of aliphatic hydroxyl groups is 2. The van der Waals surface area contributed by atoms with Crippen LogP contribution >= 0.6 is 0 Å². The van der Waals surface area contributed by atoms with Crippen molar-refractivity contribution in [3.8, 4) is 0 Å². The van der Waals surface area contributed by atoms with E-state index < -0.39 is 12.1 Å². The second-order valence-corrected chi connectivity index (χ2v) is 13.7. The molecule has 290 valence electrons. The summed E-state index contributed by atoms with van der Waals surface area (Å²) in [6.07, 6.45) is 62.2. The van der Waals surface area contributed by atoms with E-state index in [1.54, 1.807) is 6.08 Å². The molecule has 0 aromatic carbocycles. The highest BCUT2D eigenvalue weighted by molar-refractivity contribution is 5.76. The number of nitrogens with one attached hydrogen (secondary N) is 1. The number of carbonyl (C=O) groups excluding carboxylic acids is 1. The first-order valence-corrected chi connectivity index (χ1v) is 21.0. The molecular weight excluding hydrogens is 627 g/mol. The first-order chi connectivity index (χ1) is 25.2. The standard InChI is InChI=1S/C47H79NO3/c1-3-5-7-9-11-13-15-17-19-21-22-23-24-25-26-27-29-31-33-35-37-39-41-43-47(51)48-45(44-49)46(50)42-40-38-36-34-32-30-28-20-18-16-14-12-10-8-6-4-2/h5,7,11,13,17,19,22-23,25-26,29,31,35,37,40,42,45-46,49-50H,3-4,6,8-10,12,14-16,18,20-21,24,27-28,30,32-34,36,38-39,41,43-44H2,1-2H3,(H,48,51)/b7-5-,13-11-,19-17-,23-22-,26-25-,31-29-,37-35-,42-40+. The molecule has 0 aliphatic rings. The fourth-order valence-corrected chi connectivity index (χ4v) is 5.64. The van der Waals surface area contributed by atoms with Crippen LogP contribution in [0.3, 0.4) is 0 Å². The van der Waals surface area contributed by atoms with E-state index in [4.69, 9.17) is 0 Å². The van der Waals surface area contributed by atoms with Gasteiger partial charge in [-0.05, 0) is 70.6 Å². The lowest BCUT2D eigenvalue weighted by Crippen LogP contribution is -2.45. The van der Waals surface area contributed by atoms with Crippen molar-refractivity contribution in [2.75, 3.05) is 6.61 Å². The fraction of sp³-hybridized carbons (Fsp3) is 0.638. The Morgan fingerprint density at radius 1 is 0.490 bits per heavy atom. The van der Waals surface area contributed by atoms with Gasteiger partial charge in [-0.25, -0.2) is 0 Å². The number of unbranched alkanes of at least 4 members (excludes halogenated alkanes) is 15. The number of aliphatic hydroxyl groups excluding tert-OH is 2. The first kappa shape index (κ1) is 48.3. The molecule has 51 heavy (non-hydrogen) atoms. The van der Waals surface area contributed by atoms with Gasteiger partial charge in [0.25, 0.3) is 0 Å². The van der Waals surface area contributed by atoms with E-state index in [1.807, 2.05) is 6.08 Å². The Balaban J connectivity index is 3.77. The molecule has 0 aliphatic heterocycles.